The van der Waals surface area contributed by atoms with Gasteiger partial charge in [0, 0.05) is 36.1 Å². The van der Waals surface area contributed by atoms with Crippen molar-refractivity contribution in [2.24, 2.45) is 0 Å². The highest BCUT2D eigenvalue weighted by molar-refractivity contribution is 6.31. The van der Waals surface area contributed by atoms with E-state index in [2.05, 4.69) is 5.32 Å². The van der Waals surface area contributed by atoms with Crippen LogP contribution < -0.4 is 10.1 Å². The lowest BCUT2D eigenvalue weighted by atomic mass is 10.0. The average molecular weight is 339 g/mol. The fourth-order valence-electron chi connectivity index (χ4n) is 2.82. The zero-order valence-electron chi connectivity index (χ0n) is 13.6. The molecule has 1 aliphatic heterocycles. The van der Waals surface area contributed by atoms with Crippen LogP contribution in [-0.2, 0) is 16.0 Å². The van der Waals surface area contributed by atoms with Crippen LogP contribution >= 0.6 is 11.6 Å². The van der Waals surface area contributed by atoms with E-state index in [-0.39, 0.29) is 24.3 Å². The molecule has 1 aromatic carbocycles. The van der Waals surface area contributed by atoms with Crippen molar-refractivity contribution in [1.29, 1.82) is 0 Å². The lowest BCUT2D eigenvalue weighted by molar-refractivity contribution is -0.133. The van der Waals surface area contributed by atoms with Crippen LogP contribution in [0.3, 0.4) is 0 Å². The largest absolute Gasteiger partial charge is 0.496 e. The summed E-state index contributed by atoms with van der Waals surface area (Å²) >= 11 is 6.20. The van der Waals surface area contributed by atoms with Gasteiger partial charge in [0.2, 0.25) is 11.8 Å². The number of halogens is 1. The molecule has 0 unspecified atom stereocenters. The molecule has 0 aliphatic carbocycles. The highest BCUT2D eigenvalue weighted by Gasteiger charge is 2.25. The van der Waals surface area contributed by atoms with Gasteiger partial charge < -0.3 is 15.0 Å². The third kappa shape index (κ3) is 4.61. The van der Waals surface area contributed by atoms with Gasteiger partial charge in [-0.1, -0.05) is 24.6 Å². The van der Waals surface area contributed by atoms with Gasteiger partial charge in [0.25, 0.3) is 0 Å². The normalized spacial score (nSPS) is 17.7. The van der Waals surface area contributed by atoms with Gasteiger partial charge in [0.05, 0.1) is 13.5 Å². The van der Waals surface area contributed by atoms with Crippen molar-refractivity contribution in [2.75, 3.05) is 20.2 Å². The number of rotatable bonds is 5. The number of likely N-dealkylation sites (tertiary alicyclic amines) is 1. The molecule has 0 saturated carbocycles. The van der Waals surface area contributed by atoms with E-state index in [1.165, 1.54) is 0 Å². The van der Waals surface area contributed by atoms with Crippen LogP contribution in [0.15, 0.2) is 18.2 Å². The van der Waals surface area contributed by atoms with Crippen molar-refractivity contribution in [2.45, 2.75) is 38.6 Å². The number of carbonyl (C=O) groups excluding carboxylic acids is 2. The molecule has 1 N–H and O–H groups in total. The van der Waals surface area contributed by atoms with E-state index < -0.39 is 0 Å². The molecule has 1 aliphatic rings. The van der Waals surface area contributed by atoms with Crippen LogP contribution in [0.1, 0.15) is 31.7 Å². The molecule has 0 aromatic heterocycles. The van der Waals surface area contributed by atoms with E-state index in [0.717, 1.165) is 12.8 Å². The molecule has 1 fully saturated rings. The predicted octanol–water partition coefficient (Wildman–Crippen LogP) is 2.41. The van der Waals surface area contributed by atoms with Gasteiger partial charge in [-0.2, -0.15) is 0 Å². The monoisotopic (exact) mass is 338 g/mol. The van der Waals surface area contributed by atoms with Crippen LogP contribution in [0.5, 0.6) is 5.75 Å². The molecule has 126 valence electrons. The molecular formula is C17H23ClN2O3. The molecule has 2 amide bonds. The Morgan fingerprint density at radius 1 is 1.43 bits per heavy atom. The first-order valence-electron chi connectivity index (χ1n) is 7.93. The smallest absolute Gasteiger partial charge is 0.227 e. The van der Waals surface area contributed by atoms with E-state index >= 15 is 0 Å². The number of piperidine rings is 1. The number of benzene rings is 1. The van der Waals surface area contributed by atoms with Crippen LogP contribution in [0.25, 0.3) is 0 Å². The first-order chi connectivity index (χ1) is 11.0. The van der Waals surface area contributed by atoms with E-state index in [1.54, 1.807) is 30.2 Å². The fourth-order valence-corrected chi connectivity index (χ4v) is 3.05. The van der Waals surface area contributed by atoms with Gasteiger partial charge in [0.15, 0.2) is 0 Å². The van der Waals surface area contributed by atoms with Crippen molar-refractivity contribution >= 4 is 23.4 Å². The Morgan fingerprint density at radius 2 is 2.22 bits per heavy atom. The summed E-state index contributed by atoms with van der Waals surface area (Å²) < 4.78 is 5.29. The van der Waals surface area contributed by atoms with Gasteiger partial charge in [0.1, 0.15) is 5.75 Å². The maximum Gasteiger partial charge on any atom is 0.227 e. The summed E-state index contributed by atoms with van der Waals surface area (Å²) in [5.41, 5.74) is 0.710. The predicted molar refractivity (Wildman–Crippen MR) is 89.7 cm³/mol. The first-order valence-corrected chi connectivity index (χ1v) is 8.31. The van der Waals surface area contributed by atoms with E-state index in [9.17, 15) is 9.59 Å². The zero-order valence-corrected chi connectivity index (χ0v) is 14.4. The minimum absolute atomic E-state index is 0.00634. The zero-order chi connectivity index (χ0) is 16.8. The summed E-state index contributed by atoms with van der Waals surface area (Å²) in [6.07, 6.45) is 2.46. The van der Waals surface area contributed by atoms with Crippen LogP contribution in [0, 0.1) is 0 Å². The standard InChI is InChI=1S/C17H23ClN2O3/c1-3-16(21)19-12-6-5-9-20(11-12)17(22)10-13-14(18)7-4-8-15(13)23-2/h4,7-8,12H,3,5-6,9-11H2,1-2H3,(H,19,21)/t12-/m1/s1. The second kappa shape index (κ2) is 8.20. The minimum atomic E-state index is 0.00634. The van der Waals surface area contributed by atoms with E-state index in [0.29, 0.717) is 35.8 Å². The summed E-state index contributed by atoms with van der Waals surface area (Å²) in [6.45, 7) is 3.09. The molecule has 1 heterocycles. The Hall–Kier alpha value is -1.75. The number of hydrogen-bond acceptors (Lipinski definition) is 3. The fraction of sp³-hybridized carbons (Fsp3) is 0.529. The highest BCUT2D eigenvalue weighted by atomic mass is 35.5. The van der Waals surface area contributed by atoms with Crippen molar-refractivity contribution in [1.82, 2.24) is 10.2 Å². The van der Waals surface area contributed by atoms with Crippen molar-refractivity contribution in [3.8, 4) is 5.75 Å². The molecule has 1 atom stereocenters. The highest BCUT2D eigenvalue weighted by Crippen LogP contribution is 2.27. The summed E-state index contributed by atoms with van der Waals surface area (Å²) in [7, 11) is 1.57. The van der Waals surface area contributed by atoms with Crippen LogP contribution in [0.4, 0.5) is 0 Å². The molecule has 0 spiro atoms. The molecule has 1 aromatic rings. The molecule has 0 radical (unpaired) electrons. The summed E-state index contributed by atoms with van der Waals surface area (Å²) in [5, 5.41) is 3.50. The molecule has 5 nitrogen and oxygen atoms in total. The lowest BCUT2D eigenvalue weighted by Crippen LogP contribution is -2.49. The summed E-state index contributed by atoms with van der Waals surface area (Å²) in [6, 6.07) is 5.39. The summed E-state index contributed by atoms with van der Waals surface area (Å²) in [4.78, 5) is 25.9. The lowest BCUT2D eigenvalue weighted by Gasteiger charge is -2.33. The Labute approximate surface area is 141 Å². The number of nitrogens with zero attached hydrogens (tertiary/aromatic N) is 1. The first kappa shape index (κ1) is 17.6. The van der Waals surface area contributed by atoms with Crippen molar-refractivity contribution in [3.63, 3.8) is 0 Å². The minimum Gasteiger partial charge on any atom is -0.496 e. The Kier molecular flexibility index (Phi) is 6.28. The van der Waals surface area contributed by atoms with Crippen LogP contribution in [-0.4, -0.2) is 43.0 Å². The van der Waals surface area contributed by atoms with Gasteiger partial charge in [-0.15, -0.1) is 0 Å². The van der Waals surface area contributed by atoms with Crippen molar-refractivity contribution < 1.29 is 14.3 Å². The molecule has 1 saturated heterocycles. The third-order valence-corrected chi connectivity index (χ3v) is 4.44. The number of nitrogens with one attached hydrogen (secondary N) is 1. The van der Waals surface area contributed by atoms with Gasteiger partial charge in [-0.05, 0) is 25.0 Å². The molecule has 6 heteroatoms. The molecule has 0 bridgehead atoms. The number of methoxy groups -OCH3 is 1. The second-order valence-electron chi connectivity index (χ2n) is 5.70. The van der Waals surface area contributed by atoms with E-state index in [4.69, 9.17) is 16.3 Å². The SMILES string of the molecule is CCC(=O)N[C@@H]1CCCN(C(=O)Cc2c(Cl)cccc2OC)C1. The molecule has 23 heavy (non-hydrogen) atoms. The topological polar surface area (TPSA) is 58.6 Å². The third-order valence-electron chi connectivity index (χ3n) is 4.08. The maximum absolute atomic E-state index is 12.6. The number of amides is 2. The number of hydrogen-bond donors (Lipinski definition) is 1. The molecular weight excluding hydrogens is 316 g/mol. The van der Waals surface area contributed by atoms with Crippen LogP contribution in [0.2, 0.25) is 5.02 Å². The number of carbonyl (C=O) groups is 2. The van der Waals surface area contributed by atoms with Gasteiger partial charge >= 0.3 is 0 Å². The van der Waals surface area contributed by atoms with Gasteiger partial charge in [-0.3, -0.25) is 9.59 Å². The Morgan fingerprint density at radius 3 is 2.91 bits per heavy atom. The Balaban J connectivity index is 2.02. The van der Waals surface area contributed by atoms with E-state index in [1.807, 2.05) is 6.92 Å². The summed E-state index contributed by atoms with van der Waals surface area (Å²) in [5.74, 6) is 0.655. The molecule has 2 rings (SSSR count). The Bertz CT molecular complexity index is 577. The quantitative estimate of drug-likeness (QED) is 0.897. The van der Waals surface area contributed by atoms with Gasteiger partial charge in [-0.25, -0.2) is 0 Å². The maximum atomic E-state index is 12.6. The average Bonchev–Trinajstić information content (AvgIpc) is 2.56. The second-order valence-corrected chi connectivity index (χ2v) is 6.10. The van der Waals surface area contributed by atoms with Crippen molar-refractivity contribution in [3.05, 3.63) is 28.8 Å². The number of ether oxygens (including phenoxy) is 1.